The molecule has 2 heterocycles. The van der Waals surface area contributed by atoms with Gasteiger partial charge >= 0.3 is 0 Å². The molecule has 2 nitrogen and oxygen atoms in total. The van der Waals surface area contributed by atoms with Gasteiger partial charge < -0.3 is 0 Å². The first kappa shape index (κ1) is 19.9. The van der Waals surface area contributed by atoms with E-state index in [1.165, 1.54) is 34.2 Å². The van der Waals surface area contributed by atoms with Crippen molar-refractivity contribution in [2.24, 2.45) is 11.8 Å². The third-order valence-electron chi connectivity index (χ3n) is 6.65. The van der Waals surface area contributed by atoms with Crippen molar-refractivity contribution < 1.29 is 4.39 Å². The normalized spacial score (nSPS) is 20.6. The van der Waals surface area contributed by atoms with Crippen LogP contribution in [0.3, 0.4) is 0 Å². The number of rotatable bonds is 4. The monoisotopic (exact) mass is 438 g/mol. The summed E-state index contributed by atoms with van der Waals surface area (Å²) >= 11 is 7.88. The number of hydrogen-bond acceptors (Lipinski definition) is 3. The van der Waals surface area contributed by atoms with Crippen molar-refractivity contribution in [3.8, 4) is 0 Å². The Morgan fingerprint density at radius 2 is 1.87 bits per heavy atom. The Hall–Kier alpha value is -2.04. The molecule has 0 radical (unpaired) electrons. The topological polar surface area (TPSA) is 25.8 Å². The molecule has 2 aromatic carbocycles. The summed E-state index contributed by atoms with van der Waals surface area (Å²) in [6.07, 6.45) is 7.61. The van der Waals surface area contributed by atoms with Crippen molar-refractivity contribution in [1.82, 2.24) is 9.97 Å². The molecule has 4 aromatic rings. The molecule has 0 aliphatic heterocycles. The zero-order valence-electron chi connectivity index (χ0n) is 16.9. The molecule has 0 spiro atoms. The Labute approximate surface area is 185 Å². The van der Waals surface area contributed by atoms with Crippen molar-refractivity contribution in [2.45, 2.75) is 44.9 Å². The molecule has 30 heavy (non-hydrogen) atoms. The molecule has 2 aromatic heterocycles. The molecule has 5 heteroatoms. The second kappa shape index (κ2) is 8.24. The van der Waals surface area contributed by atoms with Gasteiger partial charge in [-0.15, -0.1) is 11.3 Å². The molecule has 1 atom stereocenters. The molecule has 0 unspecified atom stereocenters. The van der Waals surface area contributed by atoms with E-state index in [4.69, 9.17) is 16.6 Å². The van der Waals surface area contributed by atoms with Crippen LogP contribution in [-0.2, 0) is 6.42 Å². The van der Waals surface area contributed by atoms with Gasteiger partial charge in [0.15, 0.2) is 0 Å². The fourth-order valence-electron chi connectivity index (χ4n) is 4.97. The molecule has 1 aliphatic carbocycles. The van der Waals surface area contributed by atoms with E-state index in [1.807, 2.05) is 24.4 Å². The molecular formula is C25H24ClFN2S. The van der Waals surface area contributed by atoms with Crippen LogP contribution in [0.4, 0.5) is 4.39 Å². The van der Waals surface area contributed by atoms with Crippen molar-refractivity contribution in [1.29, 1.82) is 0 Å². The smallest absolute Gasteiger partial charge is 0.123 e. The van der Waals surface area contributed by atoms with Gasteiger partial charge in [-0.1, -0.05) is 18.5 Å². The Bertz CT molecular complexity index is 1200. The minimum absolute atomic E-state index is 0.184. The number of pyridine rings is 1. The van der Waals surface area contributed by atoms with Crippen LogP contribution < -0.4 is 0 Å². The summed E-state index contributed by atoms with van der Waals surface area (Å²) in [6, 6.07) is 12.9. The maximum Gasteiger partial charge on any atom is 0.123 e. The molecule has 0 saturated heterocycles. The number of nitrogens with zero attached hydrogens (tertiary/aromatic N) is 2. The molecule has 0 amide bonds. The van der Waals surface area contributed by atoms with Crippen molar-refractivity contribution in [2.75, 3.05) is 0 Å². The maximum absolute atomic E-state index is 13.8. The summed E-state index contributed by atoms with van der Waals surface area (Å²) in [5.74, 6) is 1.62. The maximum atomic E-state index is 13.8. The Morgan fingerprint density at radius 3 is 2.70 bits per heavy atom. The lowest BCUT2D eigenvalue weighted by molar-refractivity contribution is 0.245. The second-order valence-corrected chi connectivity index (χ2v) is 10.1. The van der Waals surface area contributed by atoms with Crippen LogP contribution in [0, 0.1) is 17.7 Å². The third-order valence-corrected chi connectivity index (χ3v) is 7.92. The van der Waals surface area contributed by atoms with E-state index in [9.17, 15) is 4.39 Å². The first-order valence-corrected chi connectivity index (χ1v) is 11.9. The van der Waals surface area contributed by atoms with Gasteiger partial charge in [0.1, 0.15) is 5.82 Å². The molecule has 5 rings (SSSR count). The van der Waals surface area contributed by atoms with Gasteiger partial charge in [0.2, 0.25) is 0 Å². The standard InChI is InChI=1S/C25H24ClFN2S/c1-15(12-25-29-23-8-6-18(26)13-24(23)30-25)16-2-4-17(5-3-16)20-10-11-28-22-9-7-19(27)14-21(20)22/h6-11,13-17H,2-5,12H2,1H3/t15-,16?,17?/m0/s1. The predicted octanol–water partition coefficient (Wildman–Crippen LogP) is 7.79. The van der Waals surface area contributed by atoms with E-state index >= 15 is 0 Å². The number of hydrogen-bond donors (Lipinski definition) is 0. The lowest BCUT2D eigenvalue weighted by Crippen LogP contribution is -2.21. The van der Waals surface area contributed by atoms with Gasteiger partial charge in [0.05, 0.1) is 20.7 Å². The van der Waals surface area contributed by atoms with Gasteiger partial charge in [-0.05, 0) is 91.5 Å². The molecule has 1 fully saturated rings. The summed E-state index contributed by atoms with van der Waals surface area (Å²) in [5.41, 5.74) is 3.20. The average molecular weight is 439 g/mol. The zero-order chi connectivity index (χ0) is 20.7. The van der Waals surface area contributed by atoms with E-state index in [0.717, 1.165) is 40.7 Å². The van der Waals surface area contributed by atoms with Crippen LogP contribution in [0.25, 0.3) is 21.1 Å². The zero-order valence-corrected chi connectivity index (χ0v) is 18.5. The van der Waals surface area contributed by atoms with Crippen LogP contribution >= 0.6 is 22.9 Å². The molecule has 1 aliphatic rings. The van der Waals surface area contributed by atoms with E-state index < -0.39 is 0 Å². The average Bonchev–Trinajstić information content (AvgIpc) is 3.14. The summed E-state index contributed by atoms with van der Waals surface area (Å²) < 4.78 is 15.0. The van der Waals surface area contributed by atoms with Crippen LogP contribution in [-0.4, -0.2) is 9.97 Å². The van der Waals surface area contributed by atoms with Gasteiger partial charge in [0, 0.05) is 23.0 Å². The molecule has 154 valence electrons. The fourth-order valence-corrected chi connectivity index (χ4v) is 6.36. The minimum atomic E-state index is -0.184. The third kappa shape index (κ3) is 3.95. The molecule has 0 bridgehead atoms. The fraction of sp³-hybridized carbons (Fsp3) is 0.360. The van der Waals surface area contributed by atoms with Crippen LogP contribution in [0.15, 0.2) is 48.7 Å². The Balaban J connectivity index is 1.27. The van der Waals surface area contributed by atoms with Crippen LogP contribution in [0.5, 0.6) is 0 Å². The molecule has 1 saturated carbocycles. The Morgan fingerprint density at radius 1 is 1.07 bits per heavy atom. The van der Waals surface area contributed by atoms with Gasteiger partial charge in [-0.3, -0.25) is 4.98 Å². The number of thiazole rings is 1. The predicted molar refractivity (Wildman–Crippen MR) is 124 cm³/mol. The number of benzene rings is 2. The van der Waals surface area contributed by atoms with E-state index in [0.29, 0.717) is 17.8 Å². The van der Waals surface area contributed by atoms with E-state index in [2.05, 4.69) is 18.0 Å². The van der Waals surface area contributed by atoms with Crippen molar-refractivity contribution >= 4 is 44.1 Å². The minimum Gasteiger partial charge on any atom is -0.256 e. The summed E-state index contributed by atoms with van der Waals surface area (Å²) in [7, 11) is 0. The van der Waals surface area contributed by atoms with E-state index in [-0.39, 0.29) is 5.82 Å². The highest BCUT2D eigenvalue weighted by Gasteiger charge is 2.27. The van der Waals surface area contributed by atoms with Crippen LogP contribution in [0.1, 0.15) is 49.1 Å². The molecule has 0 N–H and O–H groups in total. The second-order valence-electron chi connectivity index (χ2n) is 8.57. The highest BCUT2D eigenvalue weighted by Crippen LogP contribution is 2.41. The van der Waals surface area contributed by atoms with Crippen LogP contribution in [0.2, 0.25) is 5.02 Å². The number of fused-ring (bicyclic) bond motifs is 2. The lowest BCUT2D eigenvalue weighted by Gasteiger charge is -2.32. The summed E-state index contributed by atoms with van der Waals surface area (Å²) in [6.45, 7) is 2.36. The van der Waals surface area contributed by atoms with Gasteiger partial charge in [0.25, 0.3) is 0 Å². The first-order chi connectivity index (χ1) is 14.6. The largest absolute Gasteiger partial charge is 0.256 e. The molecular weight excluding hydrogens is 415 g/mol. The lowest BCUT2D eigenvalue weighted by atomic mass is 9.73. The summed E-state index contributed by atoms with van der Waals surface area (Å²) in [4.78, 5) is 9.22. The Kier molecular flexibility index (Phi) is 5.46. The van der Waals surface area contributed by atoms with Crippen molar-refractivity contribution in [3.05, 3.63) is 70.1 Å². The van der Waals surface area contributed by atoms with Crippen molar-refractivity contribution in [3.63, 3.8) is 0 Å². The first-order valence-electron chi connectivity index (χ1n) is 10.7. The highest BCUT2D eigenvalue weighted by molar-refractivity contribution is 7.18. The SMILES string of the molecule is C[C@@H](Cc1nc2ccc(Cl)cc2s1)C1CCC(c2ccnc3ccc(F)cc23)CC1. The highest BCUT2D eigenvalue weighted by atomic mass is 35.5. The summed E-state index contributed by atoms with van der Waals surface area (Å²) in [5, 5.41) is 2.95. The quantitative estimate of drug-likeness (QED) is 0.325. The van der Waals surface area contributed by atoms with Gasteiger partial charge in [-0.2, -0.15) is 0 Å². The van der Waals surface area contributed by atoms with Gasteiger partial charge in [-0.25, -0.2) is 9.37 Å². The number of halogens is 2. The number of aromatic nitrogens is 2. The van der Waals surface area contributed by atoms with E-state index in [1.54, 1.807) is 23.5 Å².